The van der Waals surface area contributed by atoms with Gasteiger partial charge in [-0.3, -0.25) is 4.79 Å². The zero-order valence-electron chi connectivity index (χ0n) is 13.0. The number of halogens is 1. The van der Waals surface area contributed by atoms with Crippen LogP contribution in [0.4, 0.5) is 4.39 Å². The monoisotopic (exact) mass is 284 g/mol. The van der Waals surface area contributed by atoms with E-state index < -0.39 is 5.82 Å². The van der Waals surface area contributed by atoms with E-state index in [0.29, 0.717) is 0 Å². The van der Waals surface area contributed by atoms with Crippen molar-refractivity contribution in [2.75, 3.05) is 0 Å². The summed E-state index contributed by atoms with van der Waals surface area (Å²) in [4.78, 5) is 12.2. The molecule has 2 aromatic rings. The van der Waals surface area contributed by atoms with E-state index in [1.165, 1.54) is 11.6 Å². The van der Waals surface area contributed by atoms with Gasteiger partial charge in [-0.25, -0.2) is 4.39 Å². The zero-order valence-corrected chi connectivity index (χ0v) is 13.0. The Morgan fingerprint density at radius 3 is 2.19 bits per heavy atom. The molecule has 1 nitrogen and oxygen atoms in total. The van der Waals surface area contributed by atoms with Crippen molar-refractivity contribution in [3.05, 3.63) is 70.5 Å². The largest absolute Gasteiger partial charge is 0.294 e. The van der Waals surface area contributed by atoms with Crippen LogP contribution < -0.4 is 0 Å². The van der Waals surface area contributed by atoms with E-state index in [-0.39, 0.29) is 23.2 Å². The first-order chi connectivity index (χ1) is 9.77. The van der Waals surface area contributed by atoms with Gasteiger partial charge in [-0.2, -0.15) is 0 Å². The third-order valence-electron chi connectivity index (χ3n) is 3.61. The molecule has 0 radical (unpaired) electrons. The molecule has 0 spiro atoms. The molecule has 0 N–H and O–H groups in total. The Balaban J connectivity index is 2.16. The summed E-state index contributed by atoms with van der Waals surface area (Å²) < 4.78 is 13.8. The van der Waals surface area contributed by atoms with Gasteiger partial charge < -0.3 is 0 Å². The third kappa shape index (κ3) is 3.78. The van der Waals surface area contributed by atoms with E-state index in [9.17, 15) is 9.18 Å². The van der Waals surface area contributed by atoms with Crippen LogP contribution >= 0.6 is 0 Å². The van der Waals surface area contributed by atoms with Crippen LogP contribution in [-0.4, -0.2) is 5.78 Å². The molecule has 0 aliphatic carbocycles. The van der Waals surface area contributed by atoms with Gasteiger partial charge in [0.25, 0.3) is 0 Å². The normalized spacial score (nSPS) is 11.5. The van der Waals surface area contributed by atoms with Crippen molar-refractivity contribution in [3.8, 4) is 0 Å². The van der Waals surface area contributed by atoms with Crippen LogP contribution in [-0.2, 0) is 11.8 Å². The zero-order chi connectivity index (χ0) is 15.6. The van der Waals surface area contributed by atoms with Gasteiger partial charge in [-0.1, -0.05) is 51.1 Å². The predicted octanol–water partition coefficient (Wildman–Crippen LogP) is 4.86. The van der Waals surface area contributed by atoms with E-state index >= 15 is 0 Å². The minimum absolute atomic E-state index is 0.0889. The number of carbonyl (C=O) groups is 1. The Morgan fingerprint density at radius 2 is 1.67 bits per heavy atom. The molecule has 2 heteroatoms. The van der Waals surface area contributed by atoms with Crippen molar-refractivity contribution in [3.63, 3.8) is 0 Å². The van der Waals surface area contributed by atoms with E-state index in [1.54, 1.807) is 12.1 Å². The lowest BCUT2D eigenvalue weighted by molar-refractivity contribution is 0.0989. The van der Waals surface area contributed by atoms with Crippen LogP contribution in [0, 0.1) is 12.7 Å². The van der Waals surface area contributed by atoms with Crippen molar-refractivity contribution in [1.29, 1.82) is 0 Å². The molecule has 0 atom stereocenters. The molecule has 0 heterocycles. The van der Waals surface area contributed by atoms with Gasteiger partial charge in [0.05, 0.1) is 5.56 Å². The van der Waals surface area contributed by atoms with Gasteiger partial charge in [-0.15, -0.1) is 0 Å². The van der Waals surface area contributed by atoms with Gasteiger partial charge in [0.2, 0.25) is 0 Å². The molecule has 0 aromatic heterocycles. The van der Waals surface area contributed by atoms with Crippen LogP contribution in [0.5, 0.6) is 0 Å². The molecule has 0 saturated heterocycles. The summed E-state index contributed by atoms with van der Waals surface area (Å²) in [6, 6.07) is 12.7. The highest BCUT2D eigenvalue weighted by molar-refractivity contribution is 5.97. The first kappa shape index (κ1) is 15.4. The molecule has 2 aromatic carbocycles. The average Bonchev–Trinajstić information content (AvgIpc) is 2.38. The Morgan fingerprint density at radius 1 is 1.05 bits per heavy atom. The van der Waals surface area contributed by atoms with Crippen LogP contribution in [0.3, 0.4) is 0 Å². The number of rotatable bonds is 3. The molecule has 0 fully saturated rings. The summed E-state index contributed by atoms with van der Waals surface area (Å²) in [5.41, 5.74) is 3.21. The molecule has 110 valence electrons. The molecular weight excluding hydrogens is 263 g/mol. The summed E-state index contributed by atoms with van der Waals surface area (Å²) in [5.74, 6) is -0.623. The van der Waals surface area contributed by atoms with Gasteiger partial charge in [0.1, 0.15) is 5.82 Å². The highest BCUT2D eigenvalue weighted by Gasteiger charge is 2.15. The fraction of sp³-hybridized carbons (Fsp3) is 0.316. The summed E-state index contributed by atoms with van der Waals surface area (Å²) in [6.07, 6.45) is 0.227. The molecule has 21 heavy (non-hydrogen) atoms. The smallest absolute Gasteiger partial charge is 0.170 e. The Kier molecular flexibility index (Phi) is 4.26. The Bertz CT molecular complexity index is 648. The van der Waals surface area contributed by atoms with Crippen molar-refractivity contribution < 1.29 is 9.18 Å². The molecular formula is C19H21FO. The van der Waals surface area contributed by atoms with E-state index in [1.807, 2.05) is 31.2 Å². The number of carbonyl (C=O) groups excluding carboxylic acids is 1. The SMILES string of the molecule is Cc1ccc(C(=O)Cc2ccc(C(C)(C)C)cc2)c(F)c1. The predicted molar refractivity (Wildman–Crippen MR) is 84.3 cm³/mol. The molecule has 0 saturated carbocycles. The first-order valence-corrected chi connectivity index (χ1v) is 7.16. The number of aryl methyl sites for hydroxylation is 1. The molecule has 0 aliphatic rings. The van der Waals surface area contributed by atoms with Gasteiger partial charge in [0.15, 0.2) is 5.78 Å². The average molecular weight is 284 g/mol. The fourth-order valence-electron chi connectivity index (χ4n) is 2.25. The third-order valence-corrected chi connectivity index (χ3v) is 3.61. The minimum Gasteiger partial charge on any atom is -0.294 e. The topological polar surface area (TPSA) is 17.1 Å². The lowest BCUT2D eigenvalue weighted by atomic mass is 9.86. The summed E-state index contributed by atoms with van der Waals surface area (Å²) in [6.45, 7) is 8.25. The van der Waals surface area contributed by atoms with Crippen LogP contribution in [0.15, 0.2) is 42.5 Å². The van der Waals surface area contributed by atoms with E-state index in [2.05, 4.69) is 20.8 Å². The molecule has 2 rings (SSSR count). The molecule has 0 aliphatic heterocycles. The summed E-state index contributed by atoms with van der Waals surface area (Å²) in [7, 11) is 0. The second-order valence-electron chi connectivity index (χ2n) is 6.53. The summed E-state index contributed by atoms with van der Waals surface area (Å²) in [5, 5.41) is 0. The van der Waals surface area contributed by atoms with Crippen molar-refractivity contribution in [2.24, 2.45) is 0 Å². The second-order valence-corrected chi connectivity index (χ2v) is 6.53. The van der Waals surface area contributed by atoms with Crippen LogP contribution in [0.25, 0.3) is 0 Å². The van der Waals surface area contributed by atoms with E-state index in [4.69, 9.17) is 0 Å². The highest BCUT2D eigenvalue weighted by atomic mass is 19.1. The lowest BCUT2D eigenvalue weighted by Gasteiger charge is -2.19. The Labute approximate surface area is 125 Å². The second kappa shape index (κ2) is 5.80. The van der Waals surface area contributed by atoms with Gasteiger partial charge >= 0.3 is 0 Å². The minimum atomic E-state index is -0.439. The number of Topliss-reactive ketones (excluding diaryl/α,β-unsaturated/α-hetero) is 1. The van der Waals surface area contributed by atoms with Crippen LogP contribution in [0.2, 0.25) is 0 Å². The maximum atomic E-state index is 13.8. The Hall–Kier alpha value is -1.96. The van der Waals surface area contributed by atoms with E-state index in [0.717, 1.165) is 11.1 Å². The highest BCUT2D eigenvalue weighted by Crippen LogP contribution is 2.22. The number of hydrogen-bond donors (Lipinski definition) is 0. The van der Waals surface area contributed by atoms with Gasteiger partial charge in [-0.05, 0) is 41.2 Å². The maximum absolute atomic E-state index is 13.8. The van der Waals surface area contributed by atoms with Crippen molar-refractivity contribution in [2.45, 2.75) is 39.5 Å². The quantitative estimate of drug-likeness (QED) is 0.736. The molecule has 0 bridgehead atoms. The molecule has 0 amide bonds. The first-order valence-electron chi connectivity index (χ1n) is 7.16. The van der Waals surface area contributed by atoms with Crippen molar-refractivity contribution >= 4 is 5.78 Å². The lowest BCUT2D eigenvalue weighted by Crippen LogP contribution is -2.11. The van der Waals surface area contributed by atoms with Gasteiger partial charge in [0, 0.05) is 6.42 Å². The number of ketones is 1. The number of benzene rings is 2. The fourth-order valence-corrected chi connectivity index (χ4v) is 2.25. The summed E-state index contributed by atoms with van der Waals surface area (Å²) >= 11 is 0. The molecule has 0 unspecified atom stereocenters. The maximum Gasteiger partial charge on any atom is 0.170 e. The van der Waals surface area contributed by atoms with Crippen LogP contribution in [0.1, 0.15) is 47.8 Å². The van der Waals surface area contributed by atoms with Crippen molar-refractivity contribution in [1.82, 2.24) is 0 Å². The standard InChI is InChI=1S/C19H21FO/c1-13-5-10-16(17(20)11-13)18(21)12-14-6-8-15(9-7-14)19(2,3)4/h5-11H,12H2,1-4H3. The number of hydrogen-bond acceptors (Lipinski definition) is 1.